The fourth-order valence-corrected chi connectivity index (χ4v) is 8.79. The maximum Gasteiger partial charge on any atom is 0.258 e. The maximum atomic E-state index is 14.5. The van der Waals surface area contributed by atoms with Crippen molar-refractivity contribution >= 4 is 74.1 Å². The molecule has 0 spiro atoms. The minimum Gasteiger partial charge on any atom is -0.491 e. The molecule has 7 rings (SSSR count). The number of alkyl halides is 2. The van der Waals surface area contributed by atoms with Gasteiger partial charge in [-0.15, -0.1) is 23.2 Å². The number of halogens is 4. The van der Waals surface area contributed by atoms with E-state index in [1.807, 2.05) is 6.08 Å². The van der Waals surface area contributed by atoms with Crippen LogP contribution in [0.1, 0.15) is 24.3 Å². The van der Waals surface area contributed by atoms with Crippen molar-refractivity contribution in [2.75, 3.05) is 23.0 Å². The molecule has 0 bridgehead atoms. The van der Waals surface area contributed by atoms with Crippen LogP contribution in [0.5, 0.6) is 5.75 Å². The average Bonchev–Trinajstić information content (AvgIpc) is 3.39. The number of carbonyl (C=O) groups excluding carboxylic acids is 4. The van der Waals surface area contributed by atoms with E-state index in [1.54, 1.807) is 48.5 Å². The Morgan fingerprint density at radius 2 is 1.52 bits per heavy atom. The summed E-state index contributed by atoms with van der Waals surface area (Å²) in [6.45, 7) is -0.334. The second kappa shape index (κ2) is 11.3. The zero-order chi connectivity index (χ0) is 32.5. The Morgan fingerprint density at radius 1 is 0.870 bits per heavy atom. The molecule has 3 aromatic rings. The zero-order valence-corrected chi connectivity index (χ0v) is 27.1. The number of aliphatic hydroxyl groups excluding tert-OH is 1. The molecule has 4 amide bonds. The number of fused-ring (bicyclic) bond motifs is 4. The molecule has 0 aromatic heterocycles. The third-order valence-corrected chi connectivity index (χ3v) is 11.5. The molecule has 8 nitrogen and oxygen atoms in total. The largest absolute Gasteiger partial charge is 0.491 e. The lowest BCUT2D eigenvalue weighted by Gasteiger charge is -2.50. The number of amides is 4. The summed E-state index contributed by atoms with van der Waals surface area (Å²) in [5.41, 5.74) is 1.56. The van der Waals surface area contributed by atoms with Crippen molar-refractivity contribution in [3.05, 3.63) is 100 Å². The van der Waals surface area contributed by atoms with Gasteiger partial charge in [0.2, 0.25) is 11.8 Å². The third kappa shape index (κ3) is 4.33. The van der Waals surface area contributed by atoms with Gasteiger partial charge in [0.15, 0.2) is 9.75 Å². The van der Waals surface area contributed by atoms with Gasteiger partial charge in [0.1, 0.15) is 18.2 Å². The molecule has 0 radical (unpaired) electrons. The van der Waals surface area contributed by atoms with Crippen molar-refractivity contribution < 1.29 is 33.4 Å². The quantitative estimate of drug-likeness (QED) is 0.198. The topological polar surface area (TPSA) is 104 Å². The SMILES string of the molecule is O=C1C2CC=C3C(CC4(Cl)C(=O)N(c5ccc(F)cc5)C(=O)C4(Cl)C3c3ccccc3OCCO)C2C(=O)N1c1ccc(Br)cc1. The normalized spacial score (nSPS) is 30.2. The monoisotopic (exact) mass is 726 g/mol. The van der Waals surface area contributed by atoms with Gasteiger partial charge in [-0.1, -0.05) is 45.8 Å². The van der Waals surface area contributed by atoms with Gasteiger partial charge in [0.05, 0.1) is 29.8 Å². The summed E-state index contributed by atoms with van der Waals surface area (Å²) < 4.78 is 20.5. The van der Waals surface area contributed by atoms with Gasteiger partial charge in [-0.05, 0) is 73.4 Å². The van der Waals surface area contributed by atoms with Gasteiger partial charge in [0, 0.05) is 16.0 Å². The number of hydrogen-bond donors (Lipinski definition) is 1. The molecule has 236 valence electrons. The molecule has 12 heteroatoms. The van der Waals surface area contributed by atoms with E-state index in [1.165, 1.54) is 17.0 Å². The van der Waals surface area contributed by atoms with Crippen LogP contribution in [-0.2, 0) is 19.2 Å². The standard InChI is InChI=1S/C34H26BrCl2FN2O6/c35-18-5-9-20(10-6-18)39-29(42)24-14-13-22-25(27(24)30(39)43)17-33(36)31(44)40(21-11-7-19(38)8-12-21)32(45)34(33,37)28(22)23-3-1-2-4-26(23)46-16-15-41/h1-13,24-25,27-28,41H,14-17H2. The Bertz CT molecular complexity index is 1820. The number of imide groups is 2. The second-order valence-electron chi connectivity index (χ2n) is 11.8. The van der Waals surface area contributed by atoms with E-state index < -0.39 is 57.0 Å². The number of anilines is 2. The first-order valence-electron chi connectivity index (χ1n) is 14.7. The van der Waals surface area contributed by atoms with E-state index in [0.717, 1.165) is 21.5 Å². The van der Waals surface area contributed by atoms with Gasteiger partial charge in [0.25, 0.3) is 11.8 Å². The Balaban J connectivity index is 1.40. The molecule has 6 unspecified atom stereocenters. The lowest BCUT2D eigenvalue weighted by atomic mass is 9.56. The summed E-state index contributed by atoms with van der Waals surface area (Å²) >= 11 is 18.2. The molecular weight excluding hydrogens is 702 g/mol. The Morgan fingerprint density at radius 3 is 2.22 bits per heavy atom. The smallest absolute Gasteiger partial charge is 0.258 e. The Labute approximate surface area is 281 Å². The number of nitrogens with zero attached hydrogens (tertiary/aromatic N) is 2. The first kappa shape index (κ1) is 31.1. The summed E-state index contributed by atoms with van der Waals surface area (Å²) in [6.07, 6.45) is 1.85. The van der Waals surface area contributed by atoms with Crippen LogP contribution in [0, 0.1) is 23.6 Å². The van der Waals surface area contributed by atoms with E-state index >= 15 is 0 Å². The highest BCUT2D eigenvalue weighted by atomic mass is 79.9. The van der Waals surface area contributed by atoms with Crippen molar-refractivity contribution in [1.29, 1.82) is 0 Å². The number of rotatable bonds is 6. The lowest BCUT2D eigenvalue weighted by molar-refractivity contribution is -0.125. The summed E-state index contributed by atoms with van der Waals surface area (Å²) in [4.78, 5) is 54.8. The number of ether oxygens (including phenoxy) is 1. The van der Waals surface area contributed by atoms with Crippen LogP contribution >= 0.6 is 39.1 Å². The highest BCUT2D eigenvalue weighted by molar-refractivity contribution is 9.10. The van der Waals surface area contributed by atoms with Gasteiger partial charge >= 0.3 is 0 Å². The minimum atomic E-state index is -2.09. The number of hydrogen-bond acceptors (Lipinski definition) is 6. The Hall–Kier alpha value is -3.57. The maximum absolute atomic E-state index is 14.5. The molecule has 2 aliphatic carbocycles. The molecule has 3 fully saturated rings. The summed E-state index contributed by atoms with van der Waals surface area (Å²) in [6, 6.07) is 18.5. The van der Waals surface area contributed by atoms with Crippen LogP contribution in [0.15, 0.2) is 88.9 Å². The molecule has 1 saturated carbocycles. The van der Waals surface area contributed by atoms with Crippen molar-refractivity contribution in [3.8, 4) is 5.75 Å². The van der Waals surface area contributed by atoms with Crippen molar-refractivity contribution in [2.24, 2.45) is 17.8 Å². The highest BCUT2D eigenvalue weighted by Crippen LogP contribution is 2.66. The zero-order valence-electron chi connectivity index (χ0n) is 24.0. The van der Waals surface area contributed by atoms with Gasteiger partial charge in [-0.3, -0.25) is 24.1 Å². The van der Waals surface area contributed by atoms with Crippen LogP contribution in [0.25, 0.3) is 0 Å². The number of carbonyl (C=O) groups is 4. The second-order valence-corrected chi connectivity index (χ2v) is 14.0. The highest BCUT2D eigenvalue weighted by Gasteiger charge is 2.77. The van der Waals surface area contributed by atoms with E-state index in [0.29, 0.717) is 22.6 Å². The fraction of sp³-hybridized carbons (Fsp3) is 0.294. The third-order valence-electron chi connectivity index (χ3n) is 9.56. The van der Waals surface area contributed by atoms with Crippen LogP contribution in [0.2, 0.25) is 0 Å². The van der Waals surface area contributed by atoms with E-state index in [-0.39, 0.29) is 37.6 Å². The molecule has 6 atom stereocenters. The number of benzene rings is 3. The predicted molar refractivity (Wildman–Crippen MR) is 172 cm³/mol. The molecule has 3 aromatic carbocycles. The summed E-state index contributed by atoms with van der Waals surface area (Å²) in [7, 11) is 0. The first-order valence-corrected chi connectivity index (χ1v) is 16.3. The van der Waals surface area contributed by atoms with Crippen molar-refractivity contribution in [3.63, 3.8) is 0 Å². The lowest BCUT2D eigenvalue weighted by Crippen LogP contribution is -2.60. The van der Waals surface area contributed by atoms with Gasteiger partial charge in [-0.2, -0.15) is 0 Å². The predicted octanol–water partition coefficient (Wildman–Crippen LogP) is 5.73. The molecule has 1 N–H and O–H groups in total. The number of para-hydroxylation sites is 1. The van der Waals surface area contributed by atoms with Crippen molar-refractivity contribution in [2.45, 2.75) is 28.5 Å². The van der Waals surface area contributed by atoms with Crippen LogP contribution in [0.3, 0.4) is 0 Å². The van der Waals surface area contributed by atoms with Gasteiger partial charge in [-0.25, -0.2) is 9.29 Å². The first-order chi connectivity index (χ1) is 22.0. The van der Waals surface area contributed by atoms with E-state index in [4.69, 9.17) is 27.9 Å². The Kier molecular flexibility index (Phi) is 7.62. The van der Waals surface area contributed by atoms with E-state index in [9.17, 15) is 28.7 Å². The summed E-state index contributed by atoms with van der Waals surface area (Å²) in [5.74, 6) is -6.01. The molecule has 2 heterocycles. The fourth-order valence-electron chi connectivity index (χ4n) is 7.59. The van der Waals surface area contributed by atoms with E-state index in [2.05, 4.69) is 15.9 Å². The average molecular weight is 728 g/mol. The minimum absolute atomic E-state index is 0.0536. The van der Waals surface area contributed by atoms with Crippen molar-refractivity contribution in [1.82, 2.24) is 0 Å². The summed E-state index contributed by atoms with van der Waals surface area (Å²) in [5, 5.41) is 9.51. The molecule has 4 aliphatic rings. The number of aliphatic hydroxyl groups is 1. The van der Waals surface area contributed by atoms with Crippen LogP contribution < -0.4 is 14.5 Å². The van der Waals surface area contributed by atoms with Gasteiger partial charge < -0.3 is 9.84 Å². The van der Waals surface area contributed by atoms with Crippen LogP contribution in [-0.4, -0.2) is 51.7 Å². The molecule has 46 heavy (non-hydrogen) atoms. The molecule has 2 saturated heterocycles. The number of allylic oxidation sites excluding steroid dienone is 2. The van der Waals surface area contributed by atoms with Crippen LogP contribution in [0.4, 0.5) is 15.8 Å². The molecular formula is C34H26BrCl2FN2O6. The molecule has 2 aliphatic heterocycles.